The average Bonchev–Trinajstić information content (AvgIpc) is 3.15. The lowest BCUT2D eigenvalue weighted by Gasteiger charge is -2.04. The fraction of sp³-hybridized carbons (Fsp3) is 0.133. The highest BCUT2D eigenvalue weighted by Gasteiger charge is 2.12. The number of thiophene rings is 1. The first-order valence-corrected chi connectivity index (χ1v) is 8.20. The van der Waals surface area contributed by atoms with Crippen molar-refractivity contribution in [2.45, 2.75) is 10.9 Å². The van der Waals surface area contributed by atoms with E-state index in [0.717, 1.165) is 21.4 Å². The van der Waals surface area contributed by atoms with E-state index in [2.05, 4.69) is 16.3 Å². The maximum absolute atomic E-state index is 9.11. The molecule has 21 heavy (non-hydrogen) atoms. The molecule has 0 atom stereocenters. The van der Waals surface area contributed by atoms with Gasteiger partial charge in [-0.15, -0.1) is 21.5 Å². The first-order chi connectivity index (χ1) is 10.3. The van der Waals surface area contributed by atoms with Crippen molar-refractivity contribution in [1.82, 2.24) is 14.8 Å². The number of aromatic nitrogens is 3. The Morgan fingerprint density at radius 3 is 2.86 bits per heavy atom. The number of hydrogen-bond donors (Lipinski definition) is 0. The summed E-state index contributed by atoms with van der Waals surface area (Å²) in [5, 5.41) is 20.5. The molecular formula is C15H12N4S2. The average molecular weight is 312 g/mol. The second-order valence-electron chi connectivity index (χ2n) is 4.40. The fourth-order valence-electron chi connectivity index (χ4n) is 1.96. The minimum atomic E-state index is 0.708. The molecular weight excluding hydrogens is 300 g/mol. The summed E-state index contributed by atoms with van der Waals surface area (Å²) in [5.74, 6) is 1.58. The Balaban J connectivity index is 1.79. The monoisotopic (exact) mass is 312 g/mol. The molecule has 0 fully saturated rings. The van der Waals surface area contributed by atoms with Crippen LogP contribution in [-0.4, -0.2) is 14.8 Å². The first kappa shape index (κ1) is 13.9. The van der Waals surface area contributed by atoms with E-state index in [4.69, 9.17) is 5.26 Å². The Kier molecular flexibility index (Phi) is 4.04. The van der Waals surface area contributed by atoms with E-state index in [-0.39, 0.29) is 0 Å². The van der Waals surface area contributed by atoms with E-state index in [9.17, 15) is 0 Å². The summed E-state index contributed by atoms with van der Waals surface area (Å²) in [7, 11) is 1.97. The van der Waals surface area contributed by atoms with Crippen LogP contribution >= 0.6 is 23.1 Å². The molecule has 2 heterocycles. The zero-order chi connectivity index (χ0) is 14.7. The molecule has 0 amide bonds. The summed E-state index contributed by atoms with van der Waals surface area (Å²) >= 11 is 3.24. The summed E-state index contributed by atoms with van der Waals surface area (Å²) in [6, 6.07) is 13.9. The molecule has 104 valence electrons. The molecule has 0 N–H and O–H groups in total. The standard InChI is InChI=1S/C15H12N4S2/c1-19-14(13-7-4-8-20-13)17-18-15(19)21-10-12-6-3-2-5-11(12)9-16/h2-8H,10H2,1H3. The summed E-state index contributed by atoms with van der Waals surface area (Å²) in [5.41, 5.74) is 1.73. The minimum absolute atomic E-state index is 0.708. The molecule has 4 nitrogen and oxygen atoms in total. The van der Waals surface area contributed by atoms with Gasteiger partial charge in [-0.1, -0.05) is 36.0 Å². The minimum Gasteiger partial charge on any atom is -0.304 e. The van der Waals surface area contributed by atoms with Gasteiger partial charge in [-0.3, -0.25) is 0 Å². The summed E-state index contributed by atoms with van der Waals surface area (Å²) < 4.78 is 1.99. The molecule has 0 aliphatic rings. The Labute approximate surface area is 131 Å². The highest BCUT2D eigenvalue weighted by Crippen LogP contribution is 2.28. The lowest BCUT2D eigenvalue weighted by atomic mass is 10.1. The number of benzene rings is 1. The number of nitriles is 1. The number of nitrogens with zero attached hydrogens (tertiary/aromatic N) is 4. The van der Waals surface area contributed by atoms with Gasteiger partial charge in [0.25, 0.3) is 0 Å². The van der Waals surface area contributed by atoms with Crippen LogP contribution in [0.25, 0.3) is 10.7 Å². The Morgan fingerprint density at radius 2 is 2.10 bits per heavy atom. The van der Waals surface area contributed by atoms with Crippen LogP contribution in [0.2, 0.25) is 0 Å². The van der Waals surface area contributed by atoms with E-state index in [1.54, 1.807) is 23.1 Å². The predicted octanol–water partition coefficient (Wildman–Crippen LogP) is 3.71. The van der Waals surface area contributed by atoms with Crippen molar-refractivity contribution in [3.05, 3.63) is 52.9 Å². The third kappa shape index (κ3) is 2.84. The maximum atomic E-state index is 9.11. The molecule has 0 saturated heterocycles. The third-order valence-electron chi connectivity index (χ3n) is 3.07. The van der Waals surface area contributed by atoms with Crippen molar-refractivity contribution in [3.8, 4) is 16.8 Å². The number of hydrogen-bond acceptors (Lipinski definition) is 5. The molecule has 0 saturated carbocycles. The molecule has 3 aromatic rings. The molecule has 6 heteroatoms. The molecule has 3 rings (SSSR count). The zero-order valence-corrected chi connectivity index (χ0v) is 13.0. The second-order valence-corrected chi connectivity index (χ2v) is 6.29. The smallest absolute Gasteiger partial charge is 0.191 e. The van der Waals surface area contributed by atoms with Crippen molar-refractivity contribution in [3.63, 3.8) is 0 Å². The van der Waals surface area contributed by atoms with Crippen LogP contribution in [0.3, 0.4) is 0 Å². The predicted molar refractivity (Wildman–Crippen MR) is 85.0 cm³/mol. The number of thioether (sulfide) groups is 1. The highest BCUT2D eigenvalue weighted by atomic mass is 32.2. The van der Waals surface area contributed by atoms with E-state index in [1.807, 2.05) is 53.4 Å². The normalized spacial score (nSPS) is 10.5. The van der Waals surface area contributed by atoms with Crippen LogP contribution in [-0.2, 0) is 12.8 Å². The summed E-state index contributed by atoms with van der Waals surface area (Å²) in [4.78, 5) is 1.11. The number of rotatable bonds is 4. The van der Waals surface area contributed by atoms with Crippen molar-refractivity contribution >= 4 is 23.1 Å². The zero-order valence-electron chi connectivity index (χ0n) is 11.4. The van der Waals surface area contributed by atoms with Crippen LogP contribution in [0, 0.1) is 11.3 Å². The van der Waals surface area contributed by atoms with E-state index < -0.39 is 0 Å². The molecule has 0 aliphatic carbocycles. The van der Waals surface area contributed by atoms with Crippen molar-refractivity contribution in [2.24, 2.45) is 7.05 Å². The van der Waals surface area contributed by atoms with Gasteiger partial charge in [0.05, 0.1) is 16.5 Å². The molecule has 0 spiro atoms. The van der Waals surface area contributed by atoms with Crippen LogP contribution in [0.4, 0.5) is 0 Å². The van der Waals surface area contributed by atoms with Crippen molar-refractivity contribution in [1.29, 1.82) is 5.26 Å². The molecule has 2 aromatic heterocycles. The maximum Gasteiger partial charge on any atom is 0.191 e. The Morgan fingerprint density at radius 1 is 1.24 bits per heavy atom. The van der Waals surface area contributed by atoms with Gasteiger partial charge in [0, 0.05) is 12.8 Å². The quantitative estimate of drug-likeness (QED) is 0.689. The largest absolute Gasteiger partial charge is 0.304 e. The van der Waals surface area contributed by atoms with Crippen LogP contribution < -0.4 is 0 Å². The molecule has 0 unspecified atom stereocenters. The SMILES string of the molecule is Cn1c(SCc2ccccc2C#N)nnc1-c1cccs1. The van der Waals surface area contributed by atoms with Gasteiger partial charge < -0.3 is 4.57 Å². The summed E-state index contributed by atoms with van der Waals surface area (Å²) in [6.45, 7) is 0. The Bertz CT molecular complexity index is 784. The van der Waals surface area contributed by atoms with Crippen molar-refractivity contribution in [2.75, 3.05) is 0 Å². The van der Waals surface area contributed by atoms with Gasteiger partial charge in [-0.25, -0.2) is 0 Å². The van der Waals surface area contributed by atoms with Gasteiger partial charge in [-0.05, 0) is 23.1 Å². The Hall–Kier alpha value is -2.10. The van der Waals surface area contributed by atoms with Gasteiger partial charge in [0.15, 0.2) is 11.0 Å². The van der Waals surface area contributed by atoms with E-state index in [0.29, 0.717) is 11.3 Å². The molecule has 0 aliphatic heterocycles. The molecule has 0 bridgehead atoms. The first-order valence-electron chi connectivity index (χ1n) is 6.33. The fourth-order valence-corrected chi connectivity index (χ4v) is 3.62. The summed E-state index contributed by atoms with van der Waals surface area (Å²) in [6.07, 6.45) is 0. The second kappa shape index (κ2) is 6.12. The lowest BCUT2D eigenvalue weighted by Crippen LogP contribution is -1.94. The van der Waals surface area contributed by atoms with Crippen molar-refractivity contribution < 1.29 is 0 Å². The van der Waals surface area contributed by atoms with E-state index >= 15 is 0 Å². The lowest BCUT2D eigenvalue weighted by molar-refractivity contribution is 0.794. The van der Waals surface area contributed by atoms with Crippen LogP contribution in [0.1, 0.15) is 11.1 Å². The van der Waals surface area contributed by atoms with Gasteiger partial charge in [0.1, 0.15) is 0 Å². The highest BCUT2D eigenvalue weighted by molar-refractivity contribution is 7.98. The van der Waals surface area contributed by atoms with Gasteiger partial charge in [0.2, 0.25) is 0 Å². The van der Waals surface area contributed by atoms with E-state index in [1.165, 1.54) is 0 Å². The van der Waals surface area contributed by atoms with Crippen LogP contribution in [0.5, 0.6) is 0 Å². The van der Waals surface area contributed by atoms with Gasteiger partial charge >= 0.3 is 0 Å². The molecule has 1 aromatic carbocycles. The topological polar surface area (TPSA) is 54.5 Å². The molecule has 0 radical (unpaired) electrons. The van der Waals surface area contributed by atoms with Gasteiger partial charge in [-0.2, -0.15) is 5.26 Å². The third-order valence-corrected chi connectivity index (χ3v) is 5.01. The van der Waals surface area contributed by atoms with Crippen LogP contribution in [0.15, 0.2) is 46.9 Å².